The van der Waals surface area contributed by atoms with E-state index in [9.17, 15) is 13.6 Å². The molecule has 0 spiro atoms. The van der Waals surface area contributed by atoms with Crippen molar-refractivity contribution in [2.45, 2.75) is 31.6 Å². The molecule has 7 heteroatoms. The van der Waals surface area contributed by atoms with E-state index in [1.54, 1.807) is 18.2 Å². The van der Waals surface area contributed by atoms with Gasteiger partial charge in [0.2, 0.25) is 5.91 Å². The summed E-state index contributed by atoms with van der Waals surface area (Å²) < 4.78 is 32.2. The van der Waals surface area contributed by atoms with Crippen molar-refractivity contribution in [2.24, 2.45) is 5.92 Å². The van der Waals surface area contributed by atoms with Gasteiger partial charge in [-0.2, -0.15) is 0 Å². The summed E-state index contributed by atoms with van der Waals surface area (Å²) in [5.41, 5.74) is 1.91. The molecule has 1 atom stereocenters. The Morgan fingerprint density at radius 3 is 2.75 bits per heavy atom. The first kappa shape index (κ1) is 18.9. The number of pyridine rings is 1. The Labute approximate surface area is 163 Å². The summed E-state index contributed by atoms with van der Waals surface area (Å²) in [6.45, 7) is 1.76. The van der Waals surface area contributed by atoms with Gasteiger partial charge in [-0.05, 0) is 37.1 Å². The van der Waals surface area contributed by atoms with Crippen LogP contribution in [0.4, 0.5) is 14.5 Å². The summed E-state index contributed by atoms with van der Waals surface area (Å²) >= 11 is 0. The molecule has 5 nitrogen and oxygen atoms in total. The first-order valence-electron chi connectivity index (χ1n) is 9.81. The predicted octanol–water partition coefficient (Wildman–Crippen LogP) is 3.72. The highest BCUT2D eigenvalue weighted by Crippen LogP contribution is 2.33. The molecule has 0 saturated carbocycles. The molecule has 1 amide bonds. The molecule has 1 aromatic heterocycles. The van der Waals surface area contributed by atoms with E-state index in [1.807, 2.05) is 24.3 Å². The molecule has 3 heterocycles. The van der Waals surface area contributed by atoms with Crippen molar-refractivity contribution >= 4 is 22.5 Å². The Bertz CT molecular complexity index is 864. The minimum absolute atomic E-state index is 0.0103. The Hall–Kier alpha value is -2.44. The smallest absolute Gasteiger partial charge is 0.251 e. The molecule has 0 bridgehead atoms. The van der Waals surface area contributed by atoms with Crippen LogP contribution in [0.2, 0.25) is 0 Å². The minimum atomic E-state index is -2.63. The number of hydrogen-bond donors (Lipinski definition) is 0. The molecule has 2 aromatic rings. The monoisotopic (exact) mass is 389 g/mol. The van der Waals surface area contributed by atoms with Crippen molar-refractivity contribution < 1.29 is 18.3 Å². The maximum absolute atomic E-state index is 13.4. The maximum atomic E-state index is 13.4. The number of carbonyl (C=O) groups is 1. The van der Waals surface area contributed by atoms with E-state index in [1.165, 1.54) is 0 Å². The van der Waals surface area contributed by atoms with Gasteiger partial charge in [-0.3, -0.25) is 9.78 Å². The largest absolute Gasteiger partial charge is 0.497 e. The lowest BCUT2D eigenvalue weighted by Crippen LogP contribution is -2.49. The predicted molar refractivity (Wildman–Crippen MR) is 104 cm³/mol. The number of rotatable bonds is 3. The fourth-order valence-corrected chi connectivity index (χ4v) is 4.22. The third kappa shape index (κ3) is 3.75. The van der Waals surface area contributed by atoms with Gasteiger partial charge in [0.05, 0.1) is 18.5 Å². The first-order chi connectivity index (χ1) is 13.5. The third-order valence-electron chi connectivity index (χ3n) is 5.84. The number of fused-ring (bicyclic) bond motifs is 1. The lowest BCUT2D eigenvalue weighted by atomic mass is 9.94. The molecular weight excluding hydrogens is 364 g/mol. The normalized spacial score (nSPS) is 22.3. The van der Waals surface area contributed by atoms with Gasteiger partial charge in [0.15, 0.2) is 0 Å². The van der Waals surface area contributed by atoms with Crippen molar-refractivity contribution in [3.05, 3.63) is 30.5 Å². The van der Waals surface area contributed by atoms with Crippen LogP contribution >= 0.6 is 0 Å². The molecule has 0 aliphatic carbocycles. The number of likely N-dealkylation sites (tertiary alicyclic amines) is 1. The van der Waals surface area contributed by atoms with E-state index in [0.717, 1.165) is 41.7 Å². The second kappa shape index (κ2) is 7.53. The molecule has 0 N–H and O–H groups in total. The van der Waals surface area contributed by atoms with Gasteiger partial charge in [0.1, 0.15) is 5.75 Å². The van der Waals surface area contributed by atoms with Crippen molar-refractivity contribution in [2.75, 3.05) is 38.2 Å². The van der Waals surface area contributed by atoms with Gasteiger partial charge < -0.3 is 14.5 Å². The molecule has 0 radical (unpaired) electrons. The van der Waals surface area contributed by atoms with Crippen molar-refractivity contribution in [3.8, 4) is 5.75 Å². The summed E-state index contributed by atoms with van der Waals surface area (Å²) in [5.74, 6) is -2.02. The molecule has 2 aliphatic heterocycles. The molecule has 28 heavy (non-hydrogen) atoms. The van der Waals surface area contributed by atoms with Gasteiger partial charge in [0.25, 0.3) is 5.92 Å². The zero-order valence-electron chi connectivity index (χ0n) is 16.0. The Balaban J connectivity index is 1.53. The number of alkyl halides is 2. The standard InChI is InChI=1S/C21H25F2N3O2/c1-28-16-4-5-18-17(13-16)19(6-9-24-18)26-10-2-3-15(14-26)20(27)25-11-7-21(22,23)8-12-25/h4-6,9,13,15H,2-3,7-8,10-12,14H2,1H3. The van der Waals surface area contributed by atoms with Crippen LogP contribution in [-0.4, -0.2) is 55.0 Å². The van der Waals surface area contributed by atoms with Crippen LogP contribution in [0.5, 0.6) is 5.75 Å². The molecule has 1 unspecified atom stereocenters. The molecule has 150 valence electrons. The van der Waals surface area contributed by atoms with Crippen molar-refractivity contribution in [1.29, 1.82) is 0 Å². The third-order valence-corrected chi connectivity index (χ3v) is 5.84. The van der Waals surface area contributed by atoms with E-state index in [-0.39, 0.29) is 37.8 Å². The van der Waals surface area contributed by atoms with E-state index in [4.69, 9.17) is 4.74 Å². The Kier molecular flexibility index (Phi) is 5.08. The summed E-state index contributed by atoms with van der Waals surface area (Å²) in [6.07, 6.45) is 3.01. The highest BCUT2D eigenvalue weighted by Gasteiger charge is 2.38. The average molecular weight is 389 g/mol. The number of halogens is 2. The second-order valence-electron chi connectivity index (χ2n) is 7.68. The first-order valence-corrected chi connectivity index (χ1v) is 9.81. The topological polar surface area (TPSA) is 45.7 Å². The highest BCUT2D eigenvalue weighted by atomic mass is 19.3. The van der Waals surface area contributed by atoms with Crippen LogP contribution in [-0.2, 0) is 4.79 Å². The fraction of sp³-hybridized carbons (Fsp3) is 0.524. The number of methoxy groups -OCH3 is 1. The number of amides is 1. The van der Waals surface area contributed by atoms with Crippen LogP contribution in [0.3, 0.4) is 0 Å². The van der Waals surface area contributed by atoms with Gasteiger partial charge in [0, 0.05) is 56.3 Å². The lowest BCUT2D eigenvalue weighted by molar-refractivity contribution is -0.141. The summed E-state index contributed by atoms with van der Waals surface area (Å²) in [4.78, 5) is 21.2. The van der Waals surface area contributed by atoms with Crippen molar-refractivity contribution in [1.82, 2.24) is 9.88 Å². The SMILES string of the molecule is COc1ccc2nccc(N3CCCC(C(=O)N4CCC(F)(F)CC4)C3)c2c1. The second-order valence-corrected chi connectivity index (χ2v) is 7.68. The molecule has 2 saturated heterocycles. The van der Waals surface area contributed by atoms with Crippen LogP contribution in [0.1, 0.15) is 25.7 Å². The van der Waals surface area contributed by atoms with Crippen LogP contribution in [0.25, 0.3) is 10.9 Å². The molecule has 4 rings (SSSR count). The minimum Gasteiger partial charge on any atom is -0.497 e. The van der Waals surface area contributed by atoms with Crippen LogP contribution in [0, 0.1) is 5.92 Å². The number of ether oxygens (including phenoxy) is 1. The Morgan fingerprint density at radius 1 is 1.21 bits per heavy atom. The number of hydrogen-bond acceptors (Lipinski definition) is 4. The maximum Gasteiger partial charge on any atom is 0.251 e. The molecule has 2 aliphatic rings. The molecule has 2 fully saturated rings. The van der Waals surface area contributed by atoms with Crippen molar-refractivity contribution in [3.63, 3.8) is 0 Å². The average Bonchev–Trinajstić information content (AvgIpc) is 2.72. The van der Waals surface area contributed by atoms with Crippen LogP contribution < -0.4 is 9.64 Å². The number of aromatic nitrogens is 1. The molecule has 1 aromatic carbocycles. The summed E-state index contributed by atoms with van der Waals surface area (Å²) in [5, 5.41) is 0.993. The van der Waals surface area contributed by atoms with E-state index >= 15 is 0 Å². The van der Waals surface area contributed by atoms with Gasteiger partial charge >= 0.3 is 0 Å². The number of carbonyl (C=O) groups excluding carboxylic acids is 1. The van der Waals surface area contributed by atoms with Gasteiger partial charge in [-0.1, -0.05) is 0 Å². The number of anilines is 1. The summed E-state index contributed by atoms with van der Waals surface area (Å²) in [6, 6.07) is 7.75. The highest BCUT2D eigenvalue weighted by molar-refractivity contribution is 5.93. The number of piperidine rings is 2. The zero-order chi connectivity index (χ0) is 19.7. The summed E-state index contributed by atoms with van der Waals surface area (Å²) in [7, 11) is 1.63. The van der Waals surface area contributed by atoms with Gasteiger partial charge in [-0.15, -0.1) is 0 Å². The van der Waals surface area contributed by atoms with E-state index in [0.29, 0.717) is 6.54 Å². The number of nitrogens with zero attached hydrogens (tertiary/aromatic N) is 3. The van der Waals surface area contributed by atoms with E-state index in [2.05, 4.69) is 9.88 Å². The van der Waals surface area contributed by atoms with E-state index < -0.39 is 5.92 Å². The lowest BCUT2D eigenvalue weighted by Gasteiger charge is -2.38. The Morgan fingerprint density at radius 2 is 2.00 bits per heavy atom. The zero-order valence-corrected chi connectivity index (χ0v) is 16.0. The van der Waals surface area contributed by atoms with Gasteiger partial charge in [-0.25, -0.2) is 8.78 Å². The fourth-order valence-electron chi connectivity index (χ4n) is 4.22. The number of benzene rings is 1. The molecular formula is C21H25F2N3O2. The van der Waals surface area contributed by atoms with Crippen LogP contribution in [0.15, 0.2) is 30.5 Å². The quantitative estimate of drug-likeness (QED) is 0.803.